The lowest BCUT2D eigenvalue weighted by molar-refractivity contribution is -0.142. The van der Waals surface area contributed by atoms with E-state index in [2.05, 4.69) is 26.0 Å². The number of rotatable bonds is 8. The van der Waals surface area contributed by atoms with E-state index >= 15 is 0 Å². The fourth-order valence-corrected chi connectivity index (χ4v) is 5.01. The second kappa shape index (κ2) is 11.4. The maximum atomic E-state index is 13.8. The standard InChI is InChI=1S/C25H35N7O3/c1-17(26-2)23(33)30-22(18-9-4-3-5-10-18)25(35)31-16-8-11-19(31)24(34)29-21-13-15-28-32(21)20-12-6-7-14-27-20/h6-7,12-15,17-19,22,26H,3-5,8-11,16H2,1-2H3,(H,29,34)(H,30,33)/t17-,19-,22-/m0/s1. The smallest absolute Gasteiger partial charge is 0.248 e. The van der Waals surface area contributed by atoms with Gasteiger partial charge in [-0.2, -0.15) is 9.78 Å². The third kappa shape index (κ3) is 5.70. The molecule has 0 spiro atoms. The molecule has 10 nitrogen and oxygen atoms in total. The maximum Gasteiger partial charge on any atom is 0.248 e. The van der Waals surface area contributed by atoms with Crippen LogP contribution in [-0.4, -0.2) is 69.1 Å². The summed E-state index contributed by atoms with van der Waals surface area (Å²) in [5.74, 6) is 0.546. The molecule has 1 aliphatic heterocycles. The average Bonchev–Trinajstić information content (AvgIpc) is 3.57. The van der Waals surface area contributed by atoms with Crippen LogP contribution in [0, 0.1) is 5.92 Å². The zero-order valence-corrected chi connectivity index (χ0v) is 20.4. The van der Waals surface area contributed by atoms with Crippen LogP contribution in [0.4, 0.5) is 5.82 Å². The summed E-state index contributed by atoms with van der Waals surface area (Å²) in [5, 5.41) is 13.1. The zero-order chi connectivity index (χ0) is 24.8. The molecule has 3 N–H and O–H groups in total. The molecule has 1 saturated carbocycles. The molecule has 10 heteroatoms. The molecule has 3 heterocycles. The number of likely N-dealkylation sites (N-methyl/N-ethyl adjacent to an activating group) is 1. The van der Waals surface area contributed by atoms with Crippen molar-refractivity contribution in [3.63, 3.8) is 0 Å². The summed E-state index contributed by atoms with van der Waals surface area (Å²) < 4.78 is 1.56. The lowest BCUT2D eigenvalue weighted by Crippen LogP contribution is -2.57. The molecule has 188 valence electrons. The number of hydrogen-bond donors (Lipinski definition) is 3. The van der Waals surface area contributed by atoms with Crippen LogP contribution in [-0.2, 0) is 14.4 Å². The van der Waals surface area contributed by atoms with E-state index in [1.807, 2.05) is 12.1 Å². The molecule has 0 bridgehead atoms. The Kier molecular flexibility index (Phi) is 8.12. The molecule has 0 unspecified atom stereocenters. The van der Waals surface area contributed by atoms with Crippen LogP contribution in [0.3, 0.4) is 0 Å². The van der Waals surface area contributed by atoms with E-state index in [9.17, 15) is 14.4 Å². The van der Waals surface area contributed by atoms with Gasteiger partial charge in [-0.05, 0) is 57.7 Å². The Balaban J connectivity index is 1.50. The summed E-state index contributed by atoms with van der Waals surface area (Å²) in [5.41, 5.74) is 0. The third-order valence-corrected chi connectivity index (χ3v) is 7.11. The summed E-state index contributed by atoms with van der Waals surface area (Å²) in [6.45, 7) is 2.27. The summed E-state index contributed by atoms with van der Waals surface area (Å²) in [4.78, 5) is 45.8. The van der Waals surface area contributed by atoms with Crippen molar-refractivity contribution in [3.05, 3.63) is 36.7 Å². The molecule has 1 saturated heterocycles. The van der Waals surface area contributed by atoms with Crippen LogP contribution in [0.1, 0.15) is 51.9 Å². The fourth-order valence-electron chi connectivity index (χ4n) is 5.01. The van der Waals surface area contributed by atoms with Gasteiger partial charge in [-0.25, -0.2) is 4.98 Å². The molecule has 3 amide bonds. The largest absolute Gasteiger partial charge is 0.343 e. The first-order valence-corrected chi connectivity index (χ1v) is 12.5. The first-order chi connectivity index (χ1) is 17.0. The second-order valence-electron chi connectivity index (χ2n) is 9.39. The van der Waals surface area contributed by atoms with Crippen molar-refractivity contribution >= 4 is 23.5 Å². The number of hydrogen-bond acceptors (Lipinski definition) is 6. The normalized spacial score (nSPS) is 20.3. The predicted octanol–water partition coefficient (Wildman–Crippen LogP) is 1.87. The number of likely N-dealkylation sites (tertiary alicyclic amines) is 1. The molecule has 4 rings (SSSR count). The Bertz CT molecular complexity index is 1020. The van der Waals surface area contributed by atoms with Crippen LogP contribution in [0.25, 0.3) is 5.82 Å². The Morgan fingerprint density at radius 3 is 2.54 bits per heavy atom. The van der Waals surface area contributed by atoms with Crippen molar-refractivity contribution in [3.8, 4) is 5.82 Å². The van der Waals surface area contributed by atoms with Crippen LogP contribution in [0.2, 0.25) is 0 Å². The number of nitrogens with one attached hydrogen (secondary N) is 3. The number of carbonyl (C=O) groups excluding carboxylic acids is 3. The molecular formula is C25H35N7O3. The van der Waals surface area contributed by atoms with Crippen LogP contribution in [0.15, 0.2) is 36.7 Å². The highest BCUT2D eigenvalue weighted by Gasteiger charge is 2.41. The minimum Gasteiger partial charge on any atom is -0.343 e. The van der Waals surface area contributed by atoms with Gasteiger partial charge in [0.1, 0.15) is 17.9 Å². The van der Waals surface area contributed by atoms with Crippen molar-refractivity contribution in [2.45, 2.75) is 70.0 Å². The molecule has 1 aliphatic carbocycles. The number of amides is 3. The molecule has 2 aromatic rings. The molecule has 0 aromatic carbocycles. The van der Waals surface area contributed by atoms with Crippen molar-refractivity contribution in [2.24, 2.45) is 5.92 Å². The molecular weight excluding hydrogens is 446 g/mol. The Labute approximate surface area is 205 Å². The van der Waals surface area contributed by atoms with Crippen LogP contribution >= 0.6 is 0 Å². The molecule has 2 fully saturated rings. The van der Waals surface area contributed by atoms with Crippen LogP contribution < -0.4 is 16.0 Å². The zero-order valence-electron chi connectivity index (χ0n) is 20.4. The summed E-state index contributed by atoms with van der Waals surface area (Å²) in [7, 11) is 1.72. The van der Waals surface area contributed by atoms with Gasteiger partial charge in [0.05, 0.1) is 12.2 Å². The number of carbonyl (C=O) groups is 3. The van der Waals surface area contributed by atoms with E-state index in [0.717, 1.165) is 38.5 Å². The monoisotopic (exact) mass is 481 g/mol. The molecule has 3 atom stereocenters. The van der Waals surface area contributed by atoms with E-state index in [1.54, 1.807) is 48.1 Å². The summed E-state index contributed by atoms with van der Waals surface area (Å²) >= 11 is 0. The highest BCUT2D eigenvalue weighted by molar-refractivity contribution is 5.98. The minimum absolute atomic E-state index is 0.0826. The fraction of sp³-hybridized carbons (Fsp3) is 0.560. The van der Waals surface area contributed by atoms with E-state index in [-0.39, 0.29) is 23.6 Å². The number of anilines is 1. The predicted molar refractivity (Wildman–Crippen MR) is 132 cm³/mol. The lowest BCUT2D eigenvalue weighted by atomic mass is 9.83. The van der Waals surface area contributed by atoms with Gasteiger partial charge in [0.15, 0.2) is 5.82 Å². The van der Waals surface area contributed by atoms with E-state index in [1.165, 1.54) is 0 Å². The highest BCUT2D eigenvalue weighted by atomic mass is 16.2. The number of pyridine rings is 1. The van der Waals surface area contributed by atoms with Gasteiger partial charge in [-0.15, -0.1) is 0 Å². The molecule has 2 aromatic heterocycles. The molecule has 2 aliphatic rings. The van der Waals surface area contributed by atoms with Crippen molar-refractivity contribution in [1.82, 2.24) is 30.3 Å². The SMILES string of the molecule is CN[C@@H](C)C(=O)N[C@H](C(=O)N1CCC[C@H]1C(=O)Nc1ccnn1-c1ccccn1)C1CCCCC1. The summed E-state index contributed by atoms with van der Waals surface area (Å²) in [6, 6.07) is 5.55. The number of nitrogens with zero attached hydrogens (tertiary/aromatic N) is 4. The van der Waals surface area contributed by atoms with Gasteiger partial charge < -0.3 is 20.9 Å². The third-order valence-electron chi connectivity index (χ3n) is 7.11. The van der Waals surface area contributed by atoms with E-state index in [0.29, 0.717) is 24.6 Å². The number of aromatic nitrogens is 3. The topological polar surface area (TPSA) is 121 Å². The highest BCUT2D eigenvalue weighted by Crippen LogP contribution is 2.29. The molecule has 35 heavy (non-hydrogen) atoms. The second-order valence-corrected chi connectivity index (χ2v) is 9.39. The lowest BCUT2D eigenvalue weighted by Gasteiger charge is -2.35. The maximum absolute atomic E-state index is 13.8. The van der Waals surface area contributed by atoms with Crippen molar-refractivity contribution < 1.29 is 14.4 Å². The van der Waals surface area contributed by atoms with Gasteiger partial charge in [0, 0.05) is 18.8 Å². The van der Waals surface area contributed by atoms with Gasteiger partial charge in [0.25, 0.3) is 0 Å². The quantitative estimate of drug-likeness (QED) is 0.529. The van der Waals surface area contributed by atoms with E-state index in [4.69, 9.17) is 0 Å². The first-order valence-electron chi connectivity index (χ1n) is 12.5. The van der Waals surface area contributed by atoms with Gasteiger partial charge in [-0.1, -0.05) is 25.3 Å². The van der Waals surface area contributed by atoms with Crippen LogP contribution in [0.5, 0.6) is 0 Å². The Hall–Kier alpha value is -3.27. The van der Waals surface area contributed by atoms with Gasteiger partial charge in [0.2, 0.25) is 17.7 Å². The minimum atomic E-state index is -0.619. The van der Waals surface area contributed by atoms with E-state index < -0.39 is 18.1 Å². The average molecular weight is 482 g/mol. The molecule has 0 radical (unpaired) electrons. The van der Waals surface area contributed by atoms with Crippen molar-refractivity contribution in [2.75, 3.05) is 18.9 Å². The van der Waals surface area contributed by atoms with Gasteiger partial charge >= 0.3 is 0 Å². The Morgan fingerprint density at radius 1 is 1.03 bits per heavy atom. The Morgan fingerprint density at radius 2 is 1.83 bits per heavy atom. The van der Waals surface area contributed by atoms with Crippen molar-refractivity contribution in [1.29, 1.82) is 0 Å². The first kappa shape index (κ1) is 24.8. The van der Waals surface area contributed by atoms with Gasteiger partial charge in [-0.3, -0.25) is 14.4 Å². The summed E-state index contributed by atoms with van der Waals surface area (Å²) in [6.07, 6.45) is 9.62.